The lowest BCUT2D eigenvalue weighted by Crippen LogP contribution is -2.37. The van der Waals surface area contributed by atoms with E-state index in [4.69, 9.17) is 4.74 Å². The van der Waals surface area contributed by atoms with Crippen LogP contribution in [-0.4, -0.2) is 46.8 Å². The summed E-state index contributed by atoms with van der Waals surface area (Å²) in [6.45, 7) is 0.391. The normalized spacial score (nSPS) is 10.2. The van der Waals surface area contributed by atoms with Crippen LogP contribution in [0.5, 0.6) is 5.88 Å². The molecular weight excluding hydrogens is 298 g/mol. The van der Waals surface area contributed by atoms with Crippen molar-refractivity contribution in [3.8, 4) is 5.88 Å². The molecule has 0 atom stereocenters. The lowest BCUT2D eigenvalue weighted by Gasteiger charge is -2.07. The molecule has 2 amide bonds. The molecule has 23 heavy (non-hydrogen) atoms. The van der Waals surface area contributed by atoms with Crippen molar-refractivity contribution >= 4 is 11.8 Å². The van der Waals surface area contributed by atoms with E-state index in [0.29, 0.717) is 18.5 Å². The van der Waals surface area contributed by atoms with Crippen LogP contribution in [0, 0.1) is 0 Å². The molecule has 0 radical (unpaired) electrons. The molecule has 0 saturated heterocycles. The lowest BCUT2D eigenvalue weighted by molar-refractivity contribution is -0.120. The van der Waals surface area contributed by atoms with Gasteiger partial charge in [-0.05, 0) is 24.1 Å². The maximum atomic E-state index is 12.0. The van der Waals surface area contributed by atoms with Gasteiger partial charge in [0.25, 0.3) is 5.91 Å². The summed E-state index contributed by atoms with van der Waals surface area (Å²) in [5, 5.41) is 9.28. The fraction of sp³-hybridized carbons (Fsp3) is 0.333. The summed E-state index contributed by atoms with van der Waals surface area (Å²) in [6, 6.07) is 3.78. The molecule has 0 spiro atoms. The molecule has 0 unspecified atom stereocenters. The summed E-state index contributed by atoms with van der Waals surface area (Å²) in [4.78, 5) is 27.7. The molecule has 0 fully saturated rings. The highest BCUT2D eigenvalue weighted by molar-refractivity contribution is 5.98. The number of rotatable bonds is 7. The number of nitrogens with one attached hydrogen (secondary N) is 2. The van der Waals surface area contributed by atoms with E-state index in [9.17, 15) is 9.59 Å². The average molecular weight is 317 g/mol. The second-order valence-electron chi connectivity index (χ2n) is 4.86. The Morgan fingerprint density at radius 2 is 2.00 bits per heavy atom. The Morgan fingerprint density at radius 3 is 2.70 bits per heavy atom. The van der Waals surface area contributed by atoms with Crippen LogP contribution >= 0.6 is 0 Å². The summed E-state index contributed by atoms with van der Waals surface area (Å²) < 4.78 is 6.48. The molecular formula is C15H19N5O3. The van der Waals surface area contributed by atoms with Crippen molar-refractivity contribution in [1.82, 2.24) is 25.4 Å². The Hall–Kier alpha value is -2.90. The van der Waals surface area contributed by atoms with Crippen LogP contribution in [0.15, 0.2) is 30.7 Å². The van der Waals surface area contributed by atoms with Crippen LogP contribution in [0.2, 0.25) is 0 Å². The van der Waals surface area contributed by atoms with Crippen LogP contribution in [0.4, 0.5) is 0 Å². The minimum absolute atomic E-state index is 0.104. The monoisotopic (exact) mass is 317 g/mol. The number of carbonyl (C=O) groups excluding carboxylic acids is 2. The van der Waals surface area contributed by atoms with Gasteiger partial charge in [0.05, 0.1) is 13.7 Å². The third-order valence-electron chi connectivity index (χ3n) is 3.13. The molecule has 0 saturated carbocycles. The van der Waals surface area contributed by atoms with Gasteiger partial charge in [0.2, 0.25) is 11.8 Å². The van der Waals surface area contributed by atoms with Crippen LogP contribution < -0.4 is 15.4 Å². The molecule has 2 N–H and O–H groups in total. The van der Waals surface area contributed by atoms with Gasteiger partial charge in [0.15, 0.2) is 0 Å². The molecule has 0 bridgehead atoms. The summed E-state index contributed by atoms with van der Waals surface area (Å²) >= 11 is 0. The molecule has 2 aromatic heterocycles. The maximum Gasteiger partial charge on any atom is 0.258 e. The predicted molar refractivity (Wildman–Crippen MR) is 83.0 cm³/mol. The topological polar surface area (TPSA) is 98.1 Å². The number of nitrogens with zero attached hydrogens (tertiary/aromatic N) is 3. The van der Waals surface area contributed by atoms with Crippen molar-refractivity contribution in [2.45, 2.75) is 6.42 Å². The Kier molecular flexibility index (Phi) is 5.67. The Labute approximate surface area is 133 Å². The summed E-state index contributed by atoms with van der Waals surface area (Å²) in [7, 11) is 3.12. The number of pyridine rings is 1. The molecule has 122 valence electrons. The van der Waals surface area contributed by atoms with Gasteiger partial charge in [-0.2, -0.15) is 0 Å². The summed E-state index contributed by atoms with van der Waals surface area (Å²) in [5.74, 6) is -0.433. The maximum absolute atomic E-state index is 12.0. The summed E-state index contributed by atoms with van der Waals surface area (Å²) in [6.07, 6.45) is 5.66. The lowest BCUT2D eigenvalue weighted by atomic mass is 10.2. The minimum atomic E-state index is -0.403. The summed E-state index contributed by atoms with van der Waals surface area (Å²) in [5.41, 5.74) is 1.38. The van der Waals surface area contributed by atoms with E-state index in [1.807, 2.05) is 12.1 Å². The number of carbonyl (C=O) groups is 2. The van der Waals surface area contributed by atoms with Crippen molar-refractivity contribution in [3.63, 3.8) is 0 Å². The highest BCUT2D eigenvalue weighted by Gasteiger charge is 2.16. The number of hydrogen-bond donors (Lipinski definition) is 2. The Morgan fingerprint density at radius 1 is 1.26 bits per heavy atom. The van der Waals surface area contributed by atoms with Crippen molar-refractivity contribution in [1.29, 1.82) is 0 Å². The molecule has 0 aliphatic heterocycles. The Bertz CT molecular complexity index is 669. The zero-order valence-electron chi connectivity index (χ0n) is 13.1. The van der Waals surface area contributed by atoms with E-state index in [0.717, 1.165) is 5.56 Å². The van der Waals surface area contributed by atoms with E-state index in [2.05, 4.69) is 20.7 Å². The highest BCUT2D eigenvalue weighted by atomic mass is 16.5. The van der Waals surface area contributed by atoms with E-state index in [1.54, 1.807) is 19.4 Å². The zero-order chi connectivity index (χ0) is 16.7. The molecule has 8 heteroatoms. The van der Waals surface area contributed by atoms with Gasteiger partial charge in [-0.25, -0.2) is 0 Å². The van der Waals surface area contributed by atoms with Crippen LogP contribution in [0.1, 0.15) is 15.9 Å². The number of ether oxygens (including phenoxy) is 1. The number of aryl methyl sites for hydroxylation is 1. The van der Waals surface area contributed by atoms with Crippen LogP contribution in [0.3, 0.4) is 0 Å². The third kappa shape index (κ3) is 4.80. The molecule has 0 aliphatic carbocycles. The van der Waals surface area contributed by atoms with Gasteiger partial charge < -0.3 is 15.4 Å². The molecule has 2 aromatic rings. The van der Waals surface area contributed by atoms with E-state index < -0.39 is 5.91 Å². The fourth-order valence-electron chi connectivity index (χ4n) is 1.99. The van der Waals surface area contributed by atoms with Gasteiger partial charge in [0, 0.05) is 32.2 Å². The Balaban J connectivity index is 1.74. The van der Waals surface area contributed by atoms with E-state index in [-0.39, 0.29) is 18.3 Å². The van der Waals surface area contributed by atoms with Crippen LogP contribution in [0.25, 0.3) is 0 Å². The first-order valence-electron chi connectivity index (χ1n) is 7.11. The van der Waals surface area contributed by atoms with Gasteiger partial charge in [0.1, 0.15) is 5.56 Å². The molecule has 0 aliphatic rings. The average Bonchev–Trinajstić information content (AvgIpc) is 2.94. The van der Waals surface area contributed by atoms with Gasteiger partial charge >= 0.3 is 0 Å². The standard InChI is InChI=1S/C15H19N5O3/c1-20-10-12(15(19-20)23-2)14(22)18-9-13(21)17-8-5-11-3-6-16-7-4-11/h3-4,6-7,10H,5,8-9H2,1-2H3,(H,17,21)(H,18,22). The first-order valence-corrected chi connectivity index (χ1v) is 7.11. The van der Waals surface area contributed by atoms with Crippen molar-refractivity contribution < 1.29 is 14.3 Å². The molecule has 8 nitrogen and oxygen atoms in total. The molecule has 2 rings (SSSR count). The fourth-order valence-corrected chi connectivity index (χ4v) is 1.99. The third-order valence-corrected chi connectivity index (χ3v) is 3.13. The van der Waals surface area contributed by atoms with E-state index in [1.165, 1.54) is 18.0 Å². The van der Waals surface area contributed by atoms with Gasteiger partial charge in [-0.1, -0.05) is 0 Å². The second-order valence-corrected chi connectivity index (χ2v) is 4.86. The second kappa shape index (κ2) is 7.92. The van der Waals surface area contributed by atoms with Crippen molar-refractivity contribution in [2.24, 2.45) is 7.05 Å². The highest BCUT2D eigenvalue weighted by Crippen LogP contribution is 2.13. The smallest absolute Gasteiger partial charge is 0.258 e. The first kappa shape index (κ1) is 16.5. The quantitative estimate of drug-likeness (QED) is 0.744. The van der Waals surface area contributed by atoms with Gasteiger partial charge in [-0.15, -0.1) is 5.10 Å². The largest absolute Gasteiger partial charge is 0.479 e. The number of hydrogen-bond acceptors (Lipinski definition) is 5. The van der Waals surface area contributed by atoms with Gasteiger partial charge in [-0.3, -0.25) is 19.3 Å². The number of methoxy groups -OCH3 is 1. The zero-order valence-corrected chi connectivity index (χ0v) is 13.1. The molecule has 2 heterocycles. The van der Waals surface area contributed by atoms with Crippen LogP contribution in [-0.2, 0) is 18.3 Å². The number of aromatic nitrogens is 3. The SMILES string of the molecule is COc1nn(C)cc1C(=O)NCC(=O)NCCc1ccncc1. The minimum Gasteiger partial charge on any atom is -0.479 e. The molecule has 0 aromatic carbocycles. The predicted octanol–water partition coefficient (Wildman–Crippen LogP) is -0.0876. The number of amides is 2. The van der Waals surface area contributed by atoms with Crippen molar-refractivity contribution in [2.75, 3.05) is 20.2 Å². The first-order chi connectivity index (χ1) is 11.1. The van der Waals surface area contributed by atoms with E-state index >= 15 is 0 Å². The van der Waals surface area contributed by atoms with Crippen molar-refractivity contribution in [3.05, 3.63) is 41.9 Å².